The van der Waals surface area contributed by atoms with E-state index in [2.05, 4.69) is 35.2 Å². The Morgan fingerprint density at radius 3 is 2.38 bits per heavy atom. The van der Waals surface area contributed by atoms with Crippen molar-refractivity contribution in [1.29, 1.82) is 5.26 Å². The molecule has 21 heavy (non-hydrogen) atoms. The lowest BCUT2D eigenvalue weighted by molar-refractivity contribution is -0.0974. The second-order valence-corrected chi connectivity index (χ2v) is 8.40. The van der Waals surface area contributed by atoms with E-state index in [1.54, 1.807) is 12.4 Å². The van der Waals surface area contributed by atoms with Gasteiger partial charge in [0.2, 0.25) is 0 Å². The number of aromatic nitrogens is 2. The van der Waals surface area contributed by atoms with E-state index in [1.165, 1.54) is 38.5 Å². The molecule has 110 valence electrons. The average molecular weight is 282 g/mol. The SMILES string of the molecule is CC12CC3CC(C)(C1)CC(Nc1nccnc1C#N)(C3)C2. The minimum atomic E-state index is 0.116. The van der Waals surface area contributed by atoms with E-state index in [-0.39, 0.29) is 5.54 Å². The molecule has 4 bridgehead atoms. The summed E-state index contributed by atoms with van der Waals surface area (Å²) in [4.78, 5) is 8.52. The topological polar surface area (TPSA) is 61.6 Å². The van der Waals surface area contributed by atoms with Crippen molar-refractivity contribution in [1.82, 2.24) is 9.97 Å². The molecular formula is C17H22N4. The molecule has 1 N–H and O–H groups in total. The van der Waals surface area contributed by atoms with Gasteiger partial charge in [-0.25, -0.2) is 9.97 Å². The number of anilines is 1. The standard InChI is InChI=1S/C17H22N4/c1-15-5-12-6-16(2,9-15)11-17(7-12,10-15)21-14-13(8-18)19-3-4-20-14/h3-4,12H,5-7,9-11H2,1-2H3,(H,20,21). The highest BCUT2D eigenvalue weighted by Gasteiger charge is 2.60. The summed E-state index contributed by atoms with van der Waals surface area (Å²) in [5.74, 6) is 1.50. The number of nitrogens with one attached hydrogen (secondary N) is 1. The number of nitriles is 1. The first-order chi connectivity index (χ1) is 9.93. The summed E-state index contributed by atoms with van der Waals surface area (Å²) in [5, 5.41) is 12.9. The van der Waals surface area contributed by atoms with Crippen LogP contribution in [-0.4, -0.2) is 15.5 Å². The van der Waals surface area contributed by atoms with Crippen LogP contribution in [0.25, 0.3) is 0 Å². The van der Waals surface area contributed by atoms with E-state index in [0.717, 1.165) is 5.92 Å². The summed E-state index contributed by atoms with van der Waals surface area (Å²) in [6.45, 7) is 4.90. The van der Waals surface area contributed by atoms with Crippen LogP contribution in [0.3, 0.4) is 0 Å². The van der Waals surface area contributed by atoms with Crippen LogP contribution in [0.5, 0.6) is 0 Å². The van der Waals surface area contributed by atoms with Crippen LogP contribution in [0.1, 0.15) is 58.1 Å². The zero-order chi connectivity index (χ0) is 14.7. The average Bonchev–Trinajstić information content (AvgIpc) is 2.34. The molecule has 5 rings (SSSR count). The van der Waals surface area contributed by atoms with Crippen molar-refractivity contribution in [3.8, 4) is 6.07 Å². The molecule has 0 radical (unpaired) electrons. The quantitative estimate of drug-likeness (QED) is 0.901. The van der Waals surface area contributed by atoms with E-state index >= 15 is 0 Å². The Labute approximate surface area is 126 Å². The Hall–Kier alpha value is -1.63. The van der Waals surface area contributed by atoms with Crippen molar-refractivity contribution in [3.05, 3.63) is 18.1 Å². The van der Waals surface area contributed by atoms with Gasteiger partial charge in [-0.3, -0.25) is 0 Å². The molecule has 0 amide bonds. The van der Waals surface area contributed by atoms with Gasteiger partial charge in [-0.2, -0.15) is 5.26 Å². The first kappa shape index (κ1) is 13.1. The Balaban J connectivity index is 1.70. The predicted octanol–water partition coefficient (Wildman–Crippen LogP) is 3.51. The van der Waals surface area contributed by atoms with E-state index in [4.69, 9.17) is 0 Å². The van der Waals surface area contributed by atoms with Crippen molar-refractivity contribution >= 4 is 5.82 Å². The lowest BCUT2D eigenvalue weighted by Crippen LogP contribution is -2.61. The molecule has 4 saturated carbocycles. The molecule has 4 fully saturated rings. The third-order valence-electron chi connectivity index (χ3n) is 5.81. The van der Waals surface area contributed by atoms with Crippen LogP contribution >= 0.6 is 0 Å². The summed E-state index contributed by atoms with van der Waals surface area (Å²) in [5.41, 5.74) is 1.44. The largest absolute Gasteiger partial charge is 0.362 e. The van der Waals surface area contributed by atoms with Crippen molar-refractivity contribution in [2.24, 2.45) is 16.7 Å². The third kappa shape index (κ3) is 2.02. The van der Waals surface area contributed by atoms with Crippen LogP contribution < -0.4 is 5.32 Å². The Bertz CT molecular complexity index is 614. The van der Waals surface area contributed by atoms with Gasteiger partial charge in [0.25, 0.3) is 0 Å². The fourth-order valence-corrected chi connectivity index (χ4v) is 6.35. The first-order valence-corrected chi connectivity index (χ1v) is 7.93. The predicted molar refractivity (Wildman–Crippen MR) is 80.5 cm³/mol. The lowest BCUT2D eigenvalue weighted by Gasteiger charge is -2.65. The van der Waals surface area contributed by atoms with Crippen molar-refractivity contribution in [2.45, 2.75) is 57.9 Å². The highest BCUT2D eigenvalue weighted by atomic mass is 15.1. The first-order valence-electron chi connectivity index (χ1n) is 7.93. The van der Waals surface area contributed by atoms with Crippen LogP contribution in [0.4, 0.5) is 5.82 Å². The van der Waals surface area contributed by atoms with Gasteiger partial charge in [-0.1, -0.05) is 13.8 Å². The van der Waals surface area contributed by atoms with E-state index in [9.17, 15) is 5.26 Å². The summed E-state index contributed by atoms with van der Waals surface area (Å²) in [6, 6.07) is 2.16. The van der Waals surface area contributed by atoms with Gasteiger partial charge in [0.15, 0.2) is 11.5 Å². The van der Waals surface area contributed by atoms with E-state index in [1.807, 2.05) is 0 Å². The molecule has 4 aliphatic rings. The van der Waals surface area contributed by atoms with Gasteiger partial charge in [0.05, 0.1) is 0 Å². The van der Waals surface area contributed by atoms with Crippen molar-refractivity contribution in [3.63, 3.8) is 0 Å². The zero-order valence-corrected chi connectivity index (χ0v) is 12.8. The minimum absolute atomic E-state index is 0.116. The van der Waals surface area contributed by atoms with E-state index in [0.29, 0.717) is 22.3 Å². The van der Waals surface area contributed by atoms with Crippen LogP contribution in [-0.2, 0) is 0 Å². The summed E-state index contributed by atoms with van der Waals surface area (Å²) >= 11 is 0. The molecule has 0 saturated heterocycles. The van der Waals surface area contributed by atoms with Gasteiger partial charge in [-0.15, -0.1) is 0 Å². The smallest absolute Gasteiger partial charge is 0.182 e. The molecule has 2 unspecified atom stereocenters. The van der Waals surface area contributed by atoms with Crippen molar-refractivity contribution < 1.29 is 0 Å². The maximum atomic E-state index is 9.24. The molecule has 1 heterocycles. The van der Waals surface area contributed by atoms with Gasteiger partial charge >= 0.3 is 0 Å². The maximum Gasteiger partial charge on any atom is 0.182 e. The van der Waals surface area contributed by atoms with Gasteiger partial charge in [0, 0.05) is 17.9 Å². The lowest BCUT2D eigenvalue weighted by atomic mass is 9.43. The summed E-state index contributed by atoms with van der Waals surface area (Å²) in [7, 11) is 0. The number of nitrogens with zero attached hydrogens (tertiary/aromatic N) is 3. The summed E-state index contributed by atoms with van der Waals surface area (Å²) < 4.78 is 0. The fourth-order valence-electron chi connectivity index (χ4n) is 6.35. The summed E-state index contributed by atoms with van der Waals surface area (Å²) in [6.07, 6.45) is 11.0. The fraction of sp³-hybridized carbons (Fsp3) is 0.706. The van der Waals surface area contributed by atoms with Gasteiger partial charge < -0.3 is 5.32 Å². The molecule has 4 heteroatoms. The second-order valence-electron chi connectivity index (χ2n) is 8.40. The van der Waals surface area contributed by atoms with Crippen molar-refractivity contribution in [2.75, 3.05) is 5.32 Å². The Kier molecular flexibility index (Phi) is 2.47. The molecule has 1 aromatic rings. The Morgan fingerprint density at radius 2 is 1.76 bits per heavy atom. The van der Waals surface area contributed by atoms with Crippen LogP contribution in [0.2, 0.25) is 0 Å². The number of rotatable bonds is 2. The van der Waals surface area contributed by atoms with Gasteiger partial charge in [-0.05, 0) is 55.3 Å². The molecule has 1 aromatic heterocycles. The van der Waals surface area contributed by atoms with Crippen LogP contribution in [0, 0.1) is 28.1 Å². The molecule has 4 aliphatic carbocycles. The second kappa shape index (κ2) is 3.97. The molecule has 0 aliphatic heterocycles. The van der Waals surface area contributed by atoms with E-state index < -0.39 is 0 Å². The Morgan fingerprint density at radius 1 is 1.10 bits per heavy atom. The molecule has 4 nitrogen and oxygen atoms in total. The molecular weight excluding hydrogens is 260 g/mol. The normalized spacial score (nSPS) is 43.6. The van der Waals surface area contributed by atoms with Crippen LogP contribution in [0.15, 0.2) is 12.4 Å². The molecule has 0 spiro atoms. The highest BCUT2D eigenvalue weighted by molar-refractivity contribution is 5.49. The highest BCUT2D eigenvalue weighted by Crippen LogP contribution is 2.66. The number of hydrogen-bond donors (Lipinski definition) is 1. The maximum absolute atomic E-state index is 9.24. The molecule has 0 aromatic carbocycles. The number of hydrogen-bond acceptors (Lipinski definition) is 4. The monoisotopic (exact) mass is 282 g/mol. The van der Waals surface area contributed by atoms with Gasteiger partial charge in [0.1, 0.15) is 6.07 Å². The third-order valence-corrected chi connectivity index (χ3v) is 5.81. The zero-order valence-electron chi connectivity index (χ0n) is 12.8. The molecule has 2 atom stereocenters. The minimum Gasteiger partial charge on any atom is -0.362 e.